The maximum Gasteiger partial charge on any atom is 0.188 e. The Morgan fingerprint density at radius 1 is 1.36 bits per heavy atom. The lowest BCUT2D eigenvalue weighted by Gasteiger charge is -2.17. The largest absolute Gasteiger partial charge is 0.465 e. The van der Waals surface area contributed by atoms with Gasteiger partial charge in [-0.2, -0.15) is 0 Å². The molecular weight excluding hydrogens is 282 g/mol. The first-order valence-electron chi connectivity index (χ1n) is 7.52. The Bertz CT molecular complexity index is 524. The maximum absolute atomic E-state index is 5.76. The lowest BCUT2D eigenvalue weighted by Crippen LogP contribution is -2.09. The normalized spacial score (nSPS) is 16.3. The van der Waals surface area contributed by atoms with Crippen LogP contribution in [0, 0.1) is 12.3 Å². The van der Waals surface area contributed by atoms with Gasteiger partial charge in [0.1, 0.15) is 0 Å². The van der Waals surface area contributed by atoms with Gasteiger partial charge in [-0.05, 0) is 19.3 Å². The predicted octanol–water partition coefficient (Wildman–Crippen LogP) is 2.98. The van der Waals surface area contributed by atoms with Crippen LogP contribution in [0.5, 0.6) is 5.75 Å². The summed E-state index contributed by atoms with van der Waals surface area (Å²) in [4.78, 5) is 4.53. The van der Waals surface area contributed by atoms with E-state index in [1.165, 1.54) is 0 Å². The summed E-state index contributed by atoms with van der Waals surface area (Å²) in [6.07, 6.45) is 11.5. The van der Waals surface area contributed by atoms with Crippen molar-refractivity contribution in [3.63, 3.8) is 0 Å². The number of rotatable bonds is 9. The van der Waals surface area contributed by atoms with Gasteiger partial charge in [0.25, 0.3) is 0 Å². The van der Waals surface area contributed by atoms with E-state index in [1.54, 1.807) is 14.2 Å². The highest BCUT2D eigenvalue weighted by Crippen LogP contribution is 2.39. The van der Waals surface area contributed by atoms with E-state index in [2.05, 4.69) is 10.9 Å². The predicted molar refractivity (Wildman–Crippen MR) is 82.3 cm³/mol. The fourth-order valence-corrected chi connectivity index (χ4v) is 2.55. The van der Waals surface area contributed by atoms with Gasteiger partial charge in [0, 0.05) is 32.4 Å². The van der Waals surface area contributed by atoms with Crippen molar-refractivity contribution in [3.05, 3.63) is 23.0 Å². The van der Waals surface area contributed by atoms with Crippen molar-refractivity contribution < 1.29 is 18.9 Å². The molecule has 120 valence electrons. The van der Waals surface area contributed by atoms with E-state index in [9.17, 15) is 0 Å². The van der Waals surface area contributed by atoms with E-state index in [1.807, 2.05) is 6.20 Å². The molecular formula is C17H23NO4. The molecule has 0 radical (unpaired) electrons. The minimum Gasteiger partial charge on any atom is -0.465 e. The highest BCUT2D eigenvalue weighted by molar-refractivity contribution is 5.45. The van der Waals surface area contributed by atoms with Crippen molar-refractivity contribution in [2.24, 2.45) is 0 Å². The van der Waals surface area contributed by atoms with E-state index < -0.39 is 6.29 Å². The molecule has 5 heteroatoms. The molecule has 1 atom stereocenters. The van der Waals surface area contributed by atoms with E-state index in [0.29, 0.717) is 6.61 Å². The van der Waals surface area contributed by atoms with Crippen molar-refractivity contribution in [2.75, 3.05) is 21.0 Å². The number of terminal acetylenes is 1. The second-order valence-corrected chi connectivity index (χ2v) is 5.17. The van der Waals surface area contributed by atoms with E-state index >= 15 is 0 Å². The summed E-state index contributed by atoms with van der Waals surface area (Å²) in [6, 6.07) is 0. The van der Waals surface area contributed by atoms with Gasteiger partial charge in [-0.25, -0.2) is 0 Å². The van der Waals surface area contributed by atoms with Crippen molar-refractivity contribution in [3.8, 4) is 18.1 Å². The molecule has 1 aliphatic rings. The highest BCUT2D eigenvalue weighted by Gasteiger charge is 2.29. The van der Waals surface area contributed by atoms with Crippen LogP contribution in [-0.2, 0) is 27.2 Å². The molecule has 0 fully saturated rings. The molecule has 0 saturated heterocycles. The number of hydrogen-bond acceptors (Lipinski definition) is 5. The molecule has 0 saturated carbocycles. The van der Waals surface area contributed by atoms with Crippen LogP contribution >= 0.6 is 0 Å². The molecule has 0 aromatic carbocycles. The summed E-state index contributed by atoms with van der Waals surface area (Å²) in [6.45, 7) is 0.672. The van der Waals surface area contributed by atoms with Gasteiger partial charge in [0.05, 0.1) is 17.9 Å². The van der Waals surface area contributed by atoms with Crippen LogP contribution in [0.3, 0.4) is 0 Å². The molecule has 2 heterocycles. The number of fused-ring (bicyclic) bond motifs is 1. The number of hydrogen-bond donors (Lipinski definition) is 0. The zero-order chi connectivity index (χ0) is 15.8. The number of aryl methyl sites for hydroxylation is 1. The Hall–Kier alpha value is -1.61. The van der Waals surface area contributed by atoms with Gasteiger partial charge >= 0.3 is 0 Å². The zero-order valence-electron chi connectivity index (χ0n) is 13.3. The summed E-state index contributed by atoms with van der Waals surface area (Å²) in [5, 5.41) is 0. The molecule has 0 spiro atoms. The van der Waals surface area contributed by atoms with Crippen LogP contribution in [-0.4, -0.2) is 26.0 Å². The zero-order valence-corrected chi connectivity index (χ0v) is 13.3. The smallest absolute Gasteiger partial charge is 0.188 e. The number of methoxy groups -OCH3 is 2. The van der Waals surface area contributed by atoms with Gasteiger partial charge in [-0.3, -0.25) is 4.98 Å². The van der Waals surface area contributed by atoms with Crippen LogP contribution in [0.2, 0.25) is 0 Å². The SMILES string of the molecule is C#CCCCCCc1ncc2c(c1OCOC)C(OC)OC2. The number of pyridine rings is 1. The van der Waals surface area contributed by atoms with Gasteiger partial charge in [-0.15, -0.1) is 12.3 Å². The topological polar surface area (TPSA) is 49.8 Å². The minimum atomic E-state index is -0.398. The van der Waals surface area contributed by atoms with Crippen LogP contribution in [0.15, 0.2) is 6.20 Å². The molecule has 2 rings (SSSR count). The summed E-state index contributed by atoms with van der Waals surface area (Å²) in [5.74, 6) is 3.40. The van der Waals surface area contributed by atoms with Crippen LogP contribution in [0.4, 0.5) is 0 Å². The second-order valence-electron chi connectivity index (χ2n) is 5.17. The number of aromatic nitrogens is 1. The summed E-state index contributed by atoms with van der Waals surface area (Å²) < 4.78 is 21.8. The quantitative estimate of drug-likeness (QED) is 0.399. The fourth-order valence-electron chi connectivity index (χ4n) is 2.55. The Kier molecular flexibility index (Phi) is 6.66. The van der Waals surface area contributed by atoms with Crippen molar-refractivity contribution in [1.29, 1.82) is 0 Å². The molecule has 1 aromatic heterocycles. The number of unbranched alkanes of at least 4 members (excludes halogenated alkanes) is 3. The Morgan fingerprint density at radius 2 is 2.23 bits per heavy atom. The molecule has 0 amide bonds. The third kappa shape index (κ3) is 3.98. The Labute approximate surface area is 131 Å². The molecule has 1 unspecified atom stereocenters. The van der Waals surface area contributed by atoms with Crippen molar-refractivity contribution in [2.45, 2.75) is 45.0 Å². The summed E-state index contributed by atoms with van der Waals surface area (Å²) in [5.41, 5.74) is 2.87. The average Bonchev–Trinajstić information content (AvgIpc) is 2.96. The lowest BCUT2D eigenvalue weighted by atomic mass is 10.0. The average molecular weight is 305 g/mol. The molecule has 0 bridgehead atoms. The van der Waals surface area contributed by atoms with Gasteiger partial charge in [0.15, 0.2) is 18.8 Å². The first-order valence-corrected chi connectivity index (χ1v) is 7.52. The van der Waals surface area contributed by atoms with E-state index in [4.69, 9.17) is 25.4 Å². The van der Waals surface area contributed by atoms with Gasteiger partial charge < -0.3 is 18.9 Å². The molecule has 1 aromatic rings. The molecule has 1 aliphatic heterocycles. The molecule has 5 nitrogen and oxygen atoms in total. The standard InChI is InChI=1S/C17H23NO4/c1-4-5-6-7-8-9-14-16(22-12-19-2)15-13(10-18-14)11-21-17(15)20-3/h1,10,17H,5-9,11-12H2,2-3H3. The monoisotopic (exact) mass is 305 g/mol. The first-order chi connectivity index (χ1) is 10.8. The fraction of sp³-hybridized carbons (Fsp3) is 0.588. The maximum atomic E-state index is 5.76. The molecule has 0 N–H and O–H groups in total. The van der Waals surface area contributed by atoms with E-state index in [0.717, 1.165) is 54.7 Å². The molecule has 22 heavy (non-hydrogen) atoms. The van der Waals surface area contributed by atoms with Crippen LogP contribution in [0.1, 0.15) is 48.8 Å². The van der Waals surface area contributed by atoms with Crippen molar-refractivity contribution >= 4 is 0 Å². The molecule has 0 aliphatic carbocycles. The highest BCUT2D eigenvalue weighted by atomic mass is 16.7. The minimum absolute atomic E-state index is 0.179. The third-order valence-electron chi connectivity index (χ3n) is 3.62. The van der Waals surface area contributed by atoms with Crippen LogP contribution in [0.25, 0.3) is 0 Å². The van der Waals surface area contributed by atoms with Crippen molar-refractivity contribution in [1.82, 2.24) is 4.98 Å². The van der Waals surface area contributed by atoms with Crippen LogP contribution < -0.4 is 4.74 Å². The number of ether oxygens (including phenoxy) is 4. The Morgan fingerprint density at radius 3 is 2.95 bits per heavy atom. The van der Waals surface area contributed by atoms with Gasteiger partial charge in [-0.1, -0.05) is 6.42 Å². The lowest BCUT2D eigenvalue weighted by molar-refractivity contribution is -0.119. The second kappa shape index (κ2) is 8.74. The first kappa shape index (κ1) is 16.8. The van der Waals surface area contributed by atoms with Gasteiger partial charge in [0.2, 0.25) is 0 Å². The summed E-state index contributed by atoms with van der Waals surface area (Å²) in [7, 11) is 3.22. The Balaban J connectivity index is 2.13. The number of nitrogens with zero attached hydrogens (tertiary/aromatic N) is 1. The summed E-state index contributed by atoms with van der Waals surface area (Å²) >= 11 is 0. The third-order valence-corrected chi connectivity index (χ3v) is 3.62. The van der Waals surface area contributed by atoms with E-state index in [-0.39, 0.29) is 6.79 Å².